The van der Waals surface area contributed by atoms with Crippen molar-refractivity contribution in [2.24, 2.45) is 0 Å². The minimum absolute atomic E-state index is 1.08. The van der Waals surface area contributed by atoms with Gasteiger partial charge in [-0.1, -0.05) is 42.5 Å². The van der Waals surface area contributed by atoms with Crippen LogP contribution in [0.3, 0.4) is 0 Å². The van der Waals surface area contributed by atoms with E-state index in [1.165, 1.54) is 16.4 Å². The second-order valence-corrected chi connectivity index (χ2v) is 3.57. The van der Waals surface area contributed by atoms with E-state index < -0.39 is 0 Å². The highest BCUT2D eigenvalue weighted by Crippen LogP contribution is 2.02. The number of aryl methyl sites for hydroxylation is 1. The second kappa shape index (κ2) is 3.61. The van der Waals surface area contributed by atoms with Crippen molar-refractivity contribution >= 4 is 12.2 Å². The molecule has 0 spiro atoms. The lowest BCUT2D eigenvalue weighted by atomic mass is 10.1. The van der Waals surface area contributed by atoms with Crippen LogP contribution < -0.4 is 10.4 Å². The van der Waals surface area contributed by atoms with Gasteiger partial charge >= 0.3 is 0 Å². The Balaban J connectivity index is 3.57. The van der Waals surface area contributed by atoms with Gasteiger partial charge in [0.15, 0.2) is 0 Å². The van der Waals surface area contributed by atoms with Gasteiger partial charge in [-0.15, -0.1) is 0 Å². The van der Waals surface area contributed by atoms with Crippen LogP contribution in [-0.2, 0) is 0 Å². The number of benzene rings is 1. The molecule has 0 radical (unpaired) electrons. The van der Waals surface area contributed by atoms with Crippen LogP contribution in [0.25, 0.3) is 12.2 Å². The van der Waals surface area contributed by atoms with Gasteiger partial charge in [-0.3, -0.25) is 0 Å². The smallest absolute Gasteiger partial charge is 0.0158 e. The van der Waals surface area contributed by atoms with Gasteiger partial charge in [0, 0.05) is 0 Å². The first kappa shape index (κ1) is 9.79. The van der Waals surface area contributed by atoms with Crippen molar-refractivity contribution in [1.29, 1.82) is 0 Å². The Morgan fingerprint density at radius 3 is 2.31 bits per heavy atom. The zero-order chi connectivity index (χ0) is 10.0. The molecular weight excluding hydrogens is 156 g/mol. The molecule has 0 heterocycles. The van der Waals surface area contributed by atoms with Crippen LogP contribution in [0.5, 0.6) is 0 Å². The van der Waals surface area contributed by atoms with Crippen molar-refractivity contribution in [3.63, 3.8) is 0 Å². The maximum Gasteiger partial charge on any atom is -0.0158 e. The summed E-state index contributed by atoms with van der Waals surface area (Å²) in [6.45, 7) is 14.1. The molecule has 0 aliphatic carbocycles. The molecule has 1 aromatic rings. The van der Waals surface area contributed by atoms with E-state index in [1.54, 1.807) is 0 Å². The number of rotatable bonds is 1. The fraction of sp³-hybridized carbons (Fsp3) is 0.231. The molecule has 0 saturated heterocycles. The Kier molecular flexibility index (Phi) is 2.72. The third-order valence-corrected chi connectivity index (χ3v) is 2.30. The van der Waals surface area contributed by atoms with E-state index in [4.69, 9.17) is 0 Å². The van der Waals surface area contributed by atoms with Crippen molar-refractivity contribution in [1.82, 2.24) is 0 Å². The highest BCUT2D eigenvalue weighted by atomic mass is 14.0. The van der Waals surface area contributed by atoms with E-state index in [0.717, 1.165) is 10.8 Å². The molecule has 0 nitrogen and oxygen atoms in total. The van der Waals surface area contributed by atoms with Crippen LogP contribution in [-0.4, -0.2) is 0 Å². The average molecular weight is 172 g/mol. The molecule has 0 aromatic heterocycles. The van der Waals surface area contributed by atoms with Crippen LogP contribution in [0.2, 0.25) is 0 Å². The zero-order valence-corrected chi connectivity index (χ0v) is 8.65. The normalized spacial score (nSPS) is 12.5. The Bertz CT molecular complexity index is 436. The highest BCUT2D eigenvalue weighted by Gasteiger charge is 1.92. The van der Waals surface area contributed by atoms with E-state index in [9.17, 15) is 0 Å². The molecule has 0 N–H and O–H groups in total. The fourth-order valence-electron chi connectivity index (χ4n) is 1.32. The zero-order valence-electron chi connectivity index (χ0n) is 8.65. The molecule has 0 fully saturated rings. The van der Waals surface area contributed by atoms with Gasteiger partial charge in [-0.25, -0.2) is 0 Å². The maximum absolute atomic E-state index is 4.02. The van der Waals surface area contributed by atoms with Gasteiger partial charge in [-0.05, 0) is 36.8 Å². The Morgan fingerprint density at radius 1 is 1.23 bits per heavy atom. The van der Waals surface area contributed by atoms with Gasteiger partial charge in [0.25, 0.3) is 0 Å². The fourth-order valence-corrected chi connectivity index (χ4v) is 1.32. The first-order valence-electron chi connectivity index (χ1n) is 4.45. The molecule has 0 heteroatoms. The third-order valence-electron chi connectivity index (χ3n) is 2.30. The van der Waals surface area contributed by atoms with E-state index >= 15 is 0 Å². The molecule has 13 heavy (non-hydrogen) atoms. The predicted octanol–water partition coefficient (Wildman–Crippen LogP) is 2.15. The summed E-state index contributed by atoms with van der Waals surface area (Å²) in [5.74, 6) is 0. The summed E-state index contributed by atoms with van der Waals surface area (Å²) in [5, 5.41) is 2.29. The summed E-state index contributed by atoms with van der Waals surface area (Å²) in [4.78, 5) is 0. The van der Waals surface area contributed by atoms with Gasteiger partial charge in [0.2, 0.25) is 0 Å². The van der Waals surface area contributed by atoms with Crippen molar-refractivity contribution in [2.75, 3.05) is 0 Å². The first-order chi connectivity index (χ1) is 6.02. The number of hydrogen-bond acceptors (Lipinski definition) is 0. The first-order valence-corrected chi connectivity index (χ1v) is 4.45. The third kappa shape index (κ3) is 2.09. The van der Waals surface area contributed by atoms with Crippen LogP contribution in [0.15, 0.2) is 30.4 Å². The lowest BCUT2D eigenvalue weighted by Gasteiger charge is -2.00. The summed E-state index contributed by atoms with van der Waals surface area (Å²) < 4.78 is 0. The van der Waals surface area contributed by atoms with Crippen LogP contribution >= 0.6 is 0 Å². The summed E-state index contributed by atoms with van der Waals surface area (Å²) in [6.07, 6.45) is 0. The predicted molar refractivity (Wildman–Crippen MR) is 59.8 cm³/mol. The van der Waals surface area contributed by atoms with E-state index in [2.05, 4.69) is 45.2 Å². The molecule has 68 valence electrons. The van der Waals surface area contributed by atoms with E-state index in [0.29, 0.717) is 0 Å². The van der Waals surface area contributed by atoms with Crippen LogP contribution in [0.4, 0.5) is 0 Å². The minimum atomic E-state index is 1.08. The van der Waals surface area contributed by atoms with Crippen molar-refractivity contribution in [3.8, 4) is 0 Å². The van der Waals surface area contributed by atoms with Crippen molar-refractivity contribution in [3.05, 3.63) is 46.4 Å². The molecule has 0 aliphatic heterocycles. The quantitative estimate of drug-likeness (QED) is 0.609. The van der Waals surface area contributed by atoms with E-state index in [1.807, 2.05) is 6.92 Å². The van der Waals surface area contributed by atoms with Crippen LogP contribution in [0.1, 0.15) is 19.4 Å². The number of hydrogen-bond donors (Lipinski definition) is 0. The molecule has 0 atom stereocenters. The van der Waals surface area contributed by atoms with Gasteiger partial charge in [0.05, 0.1) is 0 Å². The molecular formula is C13H16. The van der Waals surface area contributed by atoms with Crippen molar-refractivity contribution in [2.45, 2.75) is 20.8 Å². The molecule has 0 unspecified atom stereocenters. The second-order valence-electron chi connectivity index (χ2n) is 3.57. The summed E-state index contributed by atoms with van der Waals surface area (Å²) >= 11 is 0. The maximum atomic E-state index is 4.02. The highest BCUT2D eigenvalue weighted by molar-refractivity contribution is 5.59. The van der Waals surface area contributed by atoms with Gasteiger partial charge < -0.3 is 0 Å². The molecule has 1 rings (SSSR count). The van der Waals surface area contributed by atoms with Crippen LogP contribution in [0, 0.1) is 6.92 Å². The lowest BCUT2D eigenvalue weighted by molar-refractivity contribution is 1.37. The molecule has 0 aliphatic rings. The topological polar surface area (TPSA) is 0 Å². The van der Waals surface area contributed by atoms with Crippen molar-refractivity contribution < 1.29 is 0 Å². The lowest BCUT2D eigenvalue weighted by Crippen LogP contribution is -2.25. The Hall–Kier alpha value is -1.30. The minimum Gasteiger partial charge on any atom is -0.0958 e. The number of allylic oxidation sites excluding steroid dienone is 1. The average Bonchev–Trinajstić information content (AvgIpc) is 2.03. The largest absolute Gasteiger partial charge is 0.0958 e. The van der Waals surface area contributed by atoms with Gasteiger partial charge in [-0.2, -0.15) is 0 Å². The van der Waals surface area contributed by atoms with Gasteiger partial charge in [0.1, 0.15) is 0 Å². The van der Waals surface area contributed by atoms with E-state index in [-0.39, 0.29) is 0 Å². The monoisotopic (exact) mass is 172 g/mol. The molecule has 0 amide bonds. The summed E-state index contributed by atoms with van der Waals surface area (Å²) in [6, 6.07) is 6.32. The molecule has 0 saturated carbocycles. The standard InChI is InChI=1S/C13H16/c1-9(2)12(5)13-7-6-10(3)8-11(13)4/h6-8H,1,4H2,2-3,5H3/b13-12-. The Labute approximate surface area is 79.9 Å². The summed E-state index contributed by atoms with van der Waals surface area (Å²) in [7, 11) is 0. The molecule has 0 bridgehead atoms. The Morgan fingerprint density at radius 2 is 1.85 bits per heavy atom. The SMILES string of the molecule is C=C(C)/C(C)=c1/ccc(C)cc1=C. The summed E-state index contributed by atoms with van der Waals surface area (Å²) in [5.41, 5.74) is 3.59. The molecule has 1 aromatic carbocycles.